The first-order valence-electron chi connectivity index (χ1n) is 12.3. The van der Waals surface area contributed by atoms with Gasteiger partial charge in [0.25, 0.3) is 0 Å². The van der Waals surface area contributed by atoms with Crippen molar-refractivity contribution in [2.45, 2.75) is 62.8 Å². The Morgan fingerprint density at radius 3 is 2.55 bits per heavy atom. The number of ether oxygens (including phenoxy) is 1. The molecule has 2 aromatic heterocycles. The topological polar surface area (TPSA) is 106 Å². The molecular formula is C27H23Cl2FN2O5S. The van der Waals surface area contributed by atoms with E-state index in [0.717, 1.165) is 30.2 Å². The molecule has 11 heteroatoms. The van der Waals surface area contributed by atoms with Crippen molar-refractivity contribution in [3.05, 3.63) is 68.1 Å². The van der Waals surface area contributed by atoms with Crippen LogP contribution in [0.2, 0.25) is 10.0 Å². The van der Waals surface area contributed by atoms with Crippen molar-refractivity contribution in [1.29, 1.82) is 0 Å². The van der Waals surface area contributed by atoms with Crippen molar-refractivity contribution in [3.63, 3.8) is 0 Å². The normalized spacial score (nSPS) is 21.7. The summed E-state index contributed by atoms with van der Waals surface area (Å²) in [7, 11) is 0. The molecule has 0 unspecified atom stereocenters. The van der Waals surface area contributed by atoms with Crippen molar-refractivity contribution >= 4 is 50.7 Å². The number of hydrogen-bond acceptors (Lipinski definition) is 7. The van der Waals surface area contributed by atoms with Crippen molar-refractivity contribution in [2.75, 3.05) is 0 Å². The maximum Gasteiger partial charge on any atom is 0.338 e. The largest absolute Gasteiger partial charge is 0.478 e. The molecule has 198 valence electrons. The molecule has 2 aliphatic carbocycles. The van der Waals surface area contributed by atoms with E-state index in [1.807, 2.05) is 0 Å². The van der Waals surface area contributed by atoms with Crippen molar-refractivity contribution in [2.24, 2.45) is 0 Å². The number of hydrogen-bond donors (Lipinski definition) is 2. The average Bonchev–Trinajstić information content (AvgIpc) is 3.50. The second-order valence-electron chi connectivity index (χ2n) is 9.91. The molecule has 0 saturated heterocycles. The highest BCUT2D eigenvalue weighted by Crippen LogP contribution is 2.47. The summed E-state index contributed by atoms with van der Waals surface area (Å²) < 4.78 is 26.7. The van der Waals surface area contributed by atoms with Crippen LogP contribution in [0.5, 0.6) is 0 Å². The van der Waals surface area contributed by atoms with Crippen LogP contribution in [0.1, 0.15) is 71.1 Å². The number of thiazole rings is 1. The molecular weight excluding hydrogens is 554 g/mol. The fraction of sp³-hybridized carbons (Fsp3) is 0.370. The minimum atomic E-state index is -1.34. The van der Waals surface area contributed by atoms with Gasteiger partial charge >= 0.3 is 5.97 Å². The van der Waals surface area contributed by atoms with Gasteiger partial charge in [-0.1, -0.05) is 34.4 Å². The molecule has 0 spiro atoms. The average molecular weight is 577 g/mol. The molecule has 2 N–H and O–H groups in total. The lowest BCUT2D eigenvalue weighted by molar-refractivity contribution is -0.0640. The van der Waals surface area contributed by atoms with Gasteiger partial charge in [-0.3, -0.25) is 0 Å². The number of carbonyl (C=O) groups is 1. The lowest BCUT2D eigenvalue weighted by Gasteiger charge is -2.34. The van der Waals surface area contributed by atoms with Crippen LogP contribution < -0.4 is 0 Å². The maximum absolute atomic E-state index is 14.1. The van der Waals surface area contributed by atoms with E-state index >= 15 is 0 Å². The summed E-state index contributed by atoms with van der Waals surface area (Å²) >= 11 is 14.1. The minimum Gasteiger partial charge on any atom is -0.478 e. The summed E-state index contributed by atoms with van der Waals surface area (Å²) in [5, 5.41) is 26.3. The number of aromatic nitrogens is 2. The van der Waals surface area contributed by atoms with Gasteiger partial charge in [0.05, 0.1) is 38.5 Å². The van der Waals surface area contributed by atoms with Gasteiger partial charge in [-0.05, 0) is 56.7 Å². The van der Waals surface area contributed by atoms with E-state index in [9.17, 15) is 19.4 Å². The summed E-state index contributed by atoms with van der Waals surface area (Å²) in [6.45, 7) is 0.285. The van der Waals surface area contributed by atoms with Crippen LogP contribution in [-0.2, 0) is 16.9 Å². The van der Waals surface area contributed by atoms with Crippen LogP contribution in [0.3, 0.4) is 0 Å². The van der Waals surface area contributed by atoms with Gasteiger partial charge < -0.3 is 19.5 Å². The van der Waals surface area contributed by atoms with Crippen LogP contribution in [0.25, 0.3) is 21.5 Å². The zero-order valence-electron chi connectivity index (χ0n) is 20.0. The predicted octanol–water partition coefficient (Wildman–Crippen LogP) is 7.32. The smallest absolute Gasteiger partial charge is 0.338 e. The Hall–Kier alpha value is -2.56. The van der Waals surface area contributed by atoms with Gasteiger partial charge in [-0.2, -0.15) is 0 Å². The fourth-order valence-electron chi connectivity index (χ4n) is 5.01. The number of benzene rings is 2. The number of aliphatic hydroxyl groups is 1. The first kappa shape index (κ1) is 25.7. The number of fused-ring (bicyclic) bond motifs is 1. The molecule has 4 aromatic rings. The molecule has 2 aromatic carbocycles. The summed E-state index contributed by atoms with van der Waals surface area (Å²) in [5.74, 6) is -1.06. The first-order chi connectivity index (χ1) is 18.2. The molecule has 0 radical (unpaired) electrons. The molecule has 6 rings (SSSR count). The number of carboxylic acid groups (broad SMARTS) is 1. The van der Waals surface area contributed by atoms with E-state index < -0.39 is 23.0 Å². The molecule has 0 atom stereocenters. The lowest BCUT2D eigenvalue weighted by Crippen LogP contribution is -2.34. The molecule has 38 heavy (non-hydrogen) atoms. The van der Waals surface area contributed by atoms with E-state index in [1.165, 1.54) is 17.4 Å². The second kappa shape index (κ2) is 9.88. The number of halogens is 3. The van der Waals surface area contributed by atoms with Crippen molar-refractivity contribution in [3.8, 4) is 11.3 Å². The third-order valence-corrected chi connectivity index (χ3v) is 9.14. The highest BCUT2D eigenvalue weighted by atomic mass is 35.5. The SMILES string of the molecule is O=C(O)c1cc2sc(C3(O)CCC(OCc4c(-c5c(Cl)cccc5Cl)noc4C4CC4)CC3)nc2cc1F. The maximum atomic E-state index is 14.1. The summed E-state index contributed by atoms with van der Waals surface area (Å²) in [6.07, 6.45) is 3.98. The molecule has 2 heterocycles. The number of rotatable bonds is 7. The van der Waals surface area contributed by atoms with E-state index in [4.69, 9.17) is 32.5 Å². The zero-order chi connectivity index (χ0) is 26.6. The molecule has 2 saturated carbocycles. The Labute approximate surface area is 231 Å². The highest BCUT2D eigenvalue weighted by molar-refractivity contribution is 7.18. The standard InChI is InChI=1S/C27H23Cl2FN2O5S/c28-17-2-1-3-18(29)22(17)23-16(24(37-32-23)13-4-5-13)12-36-14-6-8-27(35,9-7-14)26-31-20-11-19(30)15(25(33)34)10-21(20)38-26/h1-3,10-11,13-14,35H,4-9,12H2,(H,33,34). The van der Waals surface area contributed by atoms with Gasteiger partial charge in [0.15, 0.2) is 0 Å². The predicted molar refractivity (Wildman–Crippen MR) is 141 cm³/mol. The third-order valence-electron chi connectivity index (χ3n) is 7.30. The van der Waals surface area contributed by atoms with E-state index in [1.54, 1.807) is 18.2 Å². The molecule has 0 amide bonds. The Balaban J connectivity index is 1.17. The van der Waals surface area contributed by atoms with Crippen LogP contribution in [0.4, 0.5) is 4.39 Å². The molecule has 0 aliphatic heterocycles. The Morgan fingerprint density at radius 2 is 1.89 bits per heavy atom. The van der Waals surface area contributed by atoms with Gasteiger partial charge in [0, 0.05) is 23.1 Å². The number of carboxylic acids is 1. The monoisotopic (exact) mass is 576 g/mol. The van der Waals surface area contributed by atoms with Gasteiger partial charge in [-0.25, -0.2) is 14.2 Å². The molecule has 2 fully saturated rings. The number of nitrogens with zero attached hydrogens (tertiary/aromatic N) is 2. The van der Waals surface area contributed by atoms with Gasteiger partial charge in [0.1, 0.15) is 27.9 Å². The van der Waals surface area contributed by atoms with Crippen molar-refractivity contribution in [1.82, 2.24) is 10.1 Å². The second-order valence-corrected chi connectivity index (χ2v) is 11.8. The molecule has 0 bridgehead atoms. The highest BCUT2D eigenvalue weighted by Gasteiger charge is 2.39. The van der Waals surface area contributed by atoms with Crippen LogP contribution in [0, 0.1) is 5.82 Å². The van der Waals surface area contributed by atoms with E-state index in [2.05, 4.69) is 10.1 Å². The molecule has 2 aliphatic rings. The van der Waals surface area contributed by atoms with Gasteiger partial charge in [-0.15, -0.1) is 11.3 Å². The van der Waals surface area contributed by atoms with E-state index in [-0.39, 0.29) is 12.7 Å². The Kier molecular flexibility index (Phi) is 6.68. The Morgan fingerprint density at radius 1 is 1.18 bits per heavy atom. The third kappa shape index (κ3) is 4.71. The first-order valence-corrected chi connectivity index (χ1v) is 13.9. The fourth-order valence-corrected chi connectivity index (χ4v) is 6.72. The van der Waals surface area contributed by atoms with E-state index in [0.29, 0.717) is 68.1 Å². The summed E-state index contributed by atoms with van der Waals surface area (Å²) in [5.41, 5.74) is 0.818. The molecule has 7 nitrogen and oxygen atoms in total. The number of aromatic carboxylic acids is 1. The summed E-state index contributed by atoms with van der Waals surface area (Å²) in [4.78, 5) is 15.7. The van der Waals surface area contributed by atoms with Crippen molar-refractivity contribution < 1.29 is 28.7 Å². The van der Waals surface area contributed by atoms with Crippen LogP contribution >= 0.6 is 34.5 Å². The van der Waals surface area contributed by atoms with Gasteiger partial charge in [0.2, 0.25) is 0 Å². The Bertz CT molecular complexity index is 1520. The van der Waals surface area contributed by atoms with Crippen LogP contribution in [0.15, 0.2) is 34.9 Å². The lowest BCUT2D eigenvalue weighted by atomic mass is 9.83. The quantitative estimate of drug-likeness (QED) is 0.237. The summed E-state index contributed by atoms with van der Waals surface area (Å²) in [6, 6.07) is 7.68. The zero-order valence-corrected chi connectivity index (χ0v) is 22.4. The minimum absolute atomic E-state index is 0.0998. The van der Waals surface area contributed by atoms with Crippen LogP contribution in [-0.4, -0.2) is 32.4 Å².